The average molecular weight is 183 g/mol. The summed E-state index contributed by atoms with van der Waals surface area (Å²) in [6, 6.07) is 0. The Bertz CT molecular complexity index is 301. The van der Waals surface area contributed by atoms with Gasteiger partial charge < -0.3 is 0 Å². The lowest BCUT2D eigenvalue weighted by molar-refractivity contribution is 0.102. The van der Waals surface area contributed by atoms with Crippen molar-refractivity contribution in [3.63, 3.8) is 0 Å². The molecule has 1 rings (SSSR count). The summed E-state index contributed by atoms with van der Waals surface area (Å²) in [7, 11) is 0. The topological polar surface area (TPSA) is 30.0 Å². The molecule has 12 heavy (non-hydrogen) atoms. The number of ketones is 1. The molecule has 1 heterocycles. The lowest BCUT2D eigenvalue weighted by Crippen LogP contribution is -1.97. The van der Waals surface area contributed by atoms with Gasteiger partial charge in [0.15, 0.2) is 5.78 Å². The predicted octanol–water partition coefficient (Wildman–Crippen LogP) is 2.78. The number of Topliss-reactive ketones (excluding diaryl/α,β-unsaturated/α-hetero) is 1. The summed E-state index contributed by atoms with van der Waals surface area (Å²) in [5.74, 6) is 0.471. The largest absolute Gasteiger partial charge is 0.294 e. The molecular weight excluding hydrogens is 170 g/mol. The number of carbonyl (C=O) groups is 1. The van der Waals surface area contributed by atoms with Crippen LogP contribution in [0.4, 0.5) is 0 Å². The van der Waals surface area contributed by atoms with Crippen LogP contribution in [-0.4, -0.2) is 10.8 Å². The smallest absolute Gasteiger partial charge is 0.171 e. The van der Waals surface area contributed by atoms with Crippen molar-refractivity contribution in [3.8, 4) is 0 Å². The third-order valence-electron chi connectivity index (χ3n) is 1.63. The maximum Gasteiger partial charge on any atom is 0.171 e. The van der Waals surface area contributed by atoms with Crippen LogP contribution in [0.5, 0.6) is 0 Å². The maximum absolute atomic E-state index is 11.2. The van der Waals surface area contributed by atoms with Gasteiger partial charge in [-0.25, -0.2) is 4.98 Å². The van der Waals surface area contributed by atoms with Gasteiger partial charge >= 0.3 is 0 Å². The molecule has 0 radical (unpaired) electrons. The molecule has 0 unspecified atom stereocenters. The first kappa shape index (κ1) is 9.39. The Kier molecular flexibility index (Phi) is 2.62. The van der Waals surface area contributed by atoms with E-state index in [1.54, 1.807) is 6.92 Å². The van der Waals surface area contributed by atoms with Crippen molar-refractivity contribution in [3.05, 3.63) is 15.6 Å². The molecule has 1 aromatic heterocycles. The van der Waals surface area contributed by atoms with E-state index in [0.29, 0.717) is 5.92 Å². The number of hydrogen-bond donors (Lipinski definition) is 0. The van der Waals surface area contributed by atoms with E-state index in [0.717, 1.165) is 15.6 Å². The van der Waals surface area contributed by atoms with Gasteiger partial charge in [0.2, 0.25) is 0 Å². The Hall–Kier alpha value is -0.700. The molecule has 0 aromatic carbocycles. The number of rotatable bonds is 2. The molecule has 0 bridgehead atoms. The van der Waals surface area contributed by atoms with Gasteiger partial charge in [0.05, 0.1) is 15.6 Å². The van der Waals surface area contributed by atoms with Crippen LogP contribution in [0.3, 0.4) is 0 Å². The fourth-order valence-corrected chi connectivity index (χ4v) is 2.06. The van der Waals surface area contributed by atoms with Crippen molar-refractivity contribution in [2.45, 2.75) is 33.6 Å². The predicted molar refractivity (Wildman–Crippen MR) is 50.9 cm³/mol. The van der Waals surface area contributed by atoms with E-state index < -0.39 is 0 Å². The minimum atomic E-state index is 0.129. The quantitative estimate of drug-likeness (QED) is 0.660. The minimum Gasteiger partial charge on any atom is -0.294 e. The van der Waals surface area contributed by atoms with Gasteiger partial charge in [0, 0.05) is 6.92 Å². The first-order valence-electron chi connectivity index (χ1n) is 4.00. The second-order valence-corrected chi connectivity index (χ2v) is 4.36. The van der Waals surface area contributed by atoms with Crippen molar-refractivity contribution in [1.82, 2.24) is 4.98 Å². The van der Waals surface area contributed by atoms with Crippen LogP contribution in [-0.2, 0) is 0 Å². The summed E-state index contributed by atoms with van der Waals surface area (Å²) in [6.45, 7) is 7.64. The number of hydrogen-bond acceptors (Lipinski definition) is 3. The Balaban J connectivity index is 3.17. The number of nitrogens with zero attached hydrogens (tertiary/aromatic N) is 1. The van der Waals surface area contributed by atoms with E-state index in [2.05, 4.69) is 18.8 Å². The zero-order valence-electron chi connectivity index (χ0n) is 7.84. The normalized spacial score (nSPS) is 10.8. The molecule has 3 heteroatoms. The van der Waals surface area contributed by atoms with Crippen molar-refractivity contribution >= 4 is 17.1 Å². The molecule has 66 valence electrons. The van der Waals surface area contributed by atoms with Crippen molar-refractivity contribution in [2.75, 3.05) is 0 Å². The third kappa shape index (κ3) is 1.72. The summed E-state index contributed by atoms with van der Waals surface area (Å²) in [6.07, 6.45) is 0. The highest BCUT2D eigenvalue weighted by Gasteiger charge is 2.15. The molecule has 0 fully saturated rings. The summed E-state index contributed by atoms with van der Waals surface area (Å²) >= 11 is 1.49. The summed E-state index contributed by atoms with van der Waals surface area (Å²) in [5, 5.41) is 0.976. The molecule has 2 nitrogen and oxygen atoms in total. The lowest BCUT2D eigenvalue weighted by Gasteiger charge is -2.00. The van der Waals surface area contributed by atoms with Gasteiger partial charge in [-0.3, -0.25) is 4.79 Å². The molecular formula is C9H13NOS. The highest BCUT2D eigenvalue weighted by atomic mass is 32.1. The first-order valence-corrected chi connectivity index (χ1v) is 4.82. The molecule has 1 aromatic rings. The van der Waals surface area contributed by atoms with Crippen LogP contribution in [0.1, 0.15) is 47.1 Å². The number of thiazole rings is 1. The maximum atomic E-state index is 11.2. The fourth-order valence-electron chi connectivity index (χ4n) is 1.09. The Morgan fingerprint density at radius 2 is 2.08 bits per heavy atom. The van der Waals surface area contributed by atoms with Gasteiger partial charge in [-0.05, 0) is 12.8 Å². The molecule has 0 N–H and O–H groups in total. The number of aromatic nitrogens is 1. The number of carbonyl (C=O) groups excluding carboxylic acids is 1. The molecule has 0 aliphatic carbocycles. The van der Waals surface area contributed by atoms with Gasteiger partial charge in [-0.1, -0.05) is 13.8 Å². The summed E-state index contributed by atoms with van der Waals surface area (Å²) in [4.78, 5) is 16.3. The molecule has 0 saturated carbocycles. The van der Waals surface area contributed by atoms with Gasteiger partial charge in [-0.2, -0.15) is 0 Å². The highest BCUT2D eigenvalue weighted by molar-refractivity contribution is 7.13. The van der Waals surface area contributed by atoms with Crippen LogP contribution in [0, 0.1) is 6.92 Å². The Morgan fingerprint density at radius 1 is 1.50 bits per heavy atom. The number of aryl methyl sites for hydroxylation is 1. The molecule has 0 spiro atoms. The zero-order chi connectivity index (χ0) is 9.30. The molecule has 0 aliphatic rings. The average Bonchev–Trinajstić information content (AvgIpc) is 2.31. The summed E-state index contributed by atoms with van der Waals surface area (Å²) < 4.78 is 0. The molecule has 0 atom stereocenters. The van der Waals surface area contributed by atoms with Crippen LogP contribution < -0.4 is 0 Å². The Labute approximate surface area is 76.6 Å². The van der Waals surface area contributed by atoms with Crippen LogP contribution in [0.15, 0.2) is 0 Å². The second-order valence-electron chi connectivity index (χ2n) is 3.16. The van der Waals surface area contributed by atoms with Crippen LogP contribution in [0.25, 0.3) is 0 Å². The van der Waals surface area contributed by atoms with E-state index in [1.165, 1.54) is 11.3 Å². The van der Waals surface area contributed by atoms with Crippen molar-refractivity contribution < 1.29 is 4.79 Å². The molecule has 0 amide bonds. The molecule has 0 aliphatic heterocycles. The minimum absolute atomic E-state index is 0.129. The SMILES string of the molecule is CC(=O)c1sc(C)nc1C(C)C. The van der Waals surface area contributed by atoms with E-state index in [4.69, 9.17) is 0 Å². The fraction of sp³-hybridized carbons (Fsp3) is 0.556. The van der Waals surface area contributed by atoms with Gasteiger partial charge in [0.1, 0.15) is 0 Å². The standard InChI is InChI=1S/C9H13NOS/c1-5(2)8-9(6(3)11)12-7(4)10-8/h5H,1-4H3. The van der Waals surface area contributed by atoms with Gasteiger partial charge in [0.25, 0.3) is 0 Å². The molecule has 0 saturated heterocycles. The van der Waals surface area contributed by atoms with Gasteiger partial charge in [-0.15, -0.1) is 11.3 Å². The van der Waals surface area contributed by atoms with Crippen molar-refractivity contribution in [2.24, 2.45) is 0 Å². The zero-order valence-corrected chi connectivity index (χ0v) is 8.66. The second kappa shape index (κ2) is 3.35. The highest BCUT2D eigenvalue weighted by Crippen LogP contribution is 2.24. The van der Waals surface area contributed by atoms with Crippen LogP contribution in [0.2, 0.25) is 0 Å². The van der Waals surface area contributed by atoms with Crippen LogP contribution >= 0.6 is 11.3 Å². The lowest BCUT2D eigenvalue weighted by atomic mass is 10.1. The summed E-state index contributed by atoms with van der Waals surface area (Å²) in [5.41, 5.74) is 0.949. The monoisotopic (exact) mass is 183 g/mol. The van der Waals surface area contributed by atoms with E-state index in [9.17, 15) is 4.79 Å². The first-order chi connectivity index (χ1) is 5.52. The van der Waals surface area contributed by atoms with Crippen molar-refractivity contribution in [1.29, 1.82) is 0 Å². The Morgan fingerprint density at radius 3 is 2.42 bits per heavy atom. The van der Waals surface area contributed by atoms with E-state index in [1.807, 2.05) is 6.92 Å². The third-order valence-corrected chi connectivity index (χ3v) is 2.71. The van der Waals surface area contributed by atoms with E-state index >= 15 is 0 Å². The van der Waals surface area contributed by atoms with E-state index in [-0.39, 0.29) is 5.78 Å².